The summed E-state index contributed by atoms with van der Waals surface area (Å²) >= 11 is 0. The number of amides is 1. The van der Waals surface area contributed by atoms with Crippen LogP contribution < -0.4 is 10.6 Å². The molecule has 0 saturated heterocycles. The standard InChI is InChI=1S/C8H18N2O/c1-7(2,3)10-8(4,5)9-6-11/h6,10H,1-5H3,(H,9,11). The molecule has 0 atom stereocenters. The zero-order chi connectivity index (χ0) is 9.12. The van der Waals surface area contributed by atoms with E-state index in [1.54, 1.807) is 0 Å². The molecule has 0 aliphatic rings. The van der Waals surface area contributed by atoms with Gasteiger partial charge in [-0.05, 0) is 34.6 Å². The van der Waals surface area contributed by atoms with Crippen molar-refractivity contribution < 1.29 is 4.79 Å². The SMILES string of the molecule is CC(C)(C)NC(C)(C)NC=O. The second kappa shape index (κ2) is 3.22. The molecule has 0 aromatic carbocycles. The zero-order valence-corrected chi connectivity index (χ0v) is 7.99. The fourth-order valence-corrected chi connectivity index (χ4v) is 1.12. The van der Waals surface area contributed by atoms with Crippen LogP contribution in [-0.4, -0.2) is 17.6 Å². The topological polar surface area (TPSA) is 41.1 Å². The fourth-order valence-electron chi connectivity index (χ4n) is 1.12. The molecule has 0 fully saturated rings. The average molecular weight is 158 g/mol. The van der Waals surface area contributed by atoms with Crippen molar-refractivity contribution in [3.05, 3.63) is 0 Å². The van der Waals surface area contributed by atoms with Gasteiger partial charge >= 0.3 is 0 Å². The third kappa shape index (κ3) is 5.85. The minimum absolute atomic E-state index is 0.0134. The number of hydrogen-bond acceptors (Lipinski definition) is 2. The lowest BCUT2D eigenvalue weighted by atomic mass is 10.1. The Balaban J connectivity index is 4.00. The van der Waals surface area contributed by atoms with Gasteiger partial charge in [-0.1, -0.05) is 0 Å². The Morgan fingerprint density at radius 1 is 1.09 bits per heavy atom. The van der Waals surface area contributed by atoms with Gasteiger partial charge < -0.3 is 5.32 Å². The molecule has 0 heterocycles. The number of hydrogen-bond donors (Lipinski definition) is 2. The van der Waals surface area contributed by atoms with Gasteiger partial charge in [0.25, 0.3) is 0 Å². The monoisotopic (exact) mass is 158 g/mol. The van der Waals surface area contributed by atoms with E-state index in [1.807, 2.05) is 13.8 Å². The average Bonchev–Trinajstić information content (AvgIpc) is 1.55. The Labute approximate surface area is 68.6 Å². The molecule has 66 valence electrons. The molecule has 0 spiro atoms. The molecule has 1 amide bonds. The van der Waals surface area contributed by atoms with Gasteiger partial charge in [-0.25, -0.2) is 0 Å². The molecule has 0 radical (unpaired) electrons. The van der Waals surface area contributed by atoms with Gasteiger partial charge in [0.05, 0.1) is 5.66 Å². The summed E-state index contributed by atoms with van der Waals surface area (Å²) in [5.74, 6) is 0. The number of rotatable bonds is 3. The van der Waals surface area contributed by atoms with E-state index in [-0.39, 0.29) is 11.2 Å². The van der Waals surface area contributed by atoms with Gasteiger partial charge in [0.2, 0.25) is 6.41 Å². The van der Waals surface area contributed by atoms with Gasteiger partial charge in [0.1, 0.15) is 0 Å². The van der Waals surface area contributed by atoms with Gasteiger partial charge in [-0.3, -0.25) is 10.1 Å². The normalized spacial score (nSPS) is 12.8. The lowest BCUT2D eigenvalue weighted by molar-refractivity contribution is -0.111. The van der Waals surface area contributed by atoms with Crippen LogP contribution in [0.5, 0.6) is 0 Å². The van der Waals surface area contributed by atoms with E-state index < -0.39 is 0 Å². The Bertz CT molecular complexity index is 136. The van der Waals surface area contributed by atoms with E-state index in [9.17, 15) is 4.79 Å². The summed E-state index contributed by atoms with van der Waals surface area (Å²) in [5.41, 5.74) is -0.320. The van der Waals surface area contributed by atoms with Crippen molar-refractivity contribution in [3.63, 3.8) is 0 Å². The minimum Gasteiger partial charge on any atom is -0.341 e. The third-order valence-corrected chi connectivity index (χ3v) is 1.11. The van der Waals surface area contributed by atoms with E-state index in [0.717, 1.165) is 0 Å². The molecule has 0 aliphatic heterocycles. The first-order valence-electron chi connectivity index (χ1n) is 3.77. The first-order valence-corrected chi connectivity index (χ1v) is 3.77. The summed E-state index contributed by atoms with van der Waals surface area (Å²) in [4.78, 5) is 10.2. The van der Waals surface area contributed by atoms with Crippen LogP contribution in [0, 0.1) is 0 Å². The second-order valence-corrected chi connectivity index (χ2v) is 4.26. The van der Waals surface area contributed by atoms with Crippen LogP contribution in [0.3, 0.4) is 0 Å². The van der Waals surface area contributed by atoms with E-state index in [4.69, 9.17) is 0 Å². The number of carbonyl (C=O) groups excluding carboxylic acids is 1. The second-order valence-electron chi connectivity index (χ2n) is 4.26. The summed E-state index contributed by atoms with van der Waals surface area (Å²) in [6, 6.07) is 0. The summed E-state index contributed by atoms with van der Waals surface area (Å²) in [7, 11) is 0. The molecule has 0 saturated carbocycles. The van der Waals surface area contributed by atoms with Crippen molar-refractivity contribution in [2.75, 3.05) is 0 Å². The van der Waals surface area contributed by atoms with Crippen LogP contribution in [-0.2, 0) is 4.79 Å². The Kier molecular flexibility index (Phi) is 3.05. The van der Waals surface area contributed by atoms with Crippen LogP contribution in [0.2, 0.25) is 0 Å². The van der Waals surface area contributed by atoms with Crippen molar-refractivity contribution in [2.45, 2.75) is 45.8 Å². The lowest BCUT2D eigenvalue weighted by Gasteiger charge is -2.34. The highest BCUT2D eigenvalue weighted by Crippen LogP contribution is 2.06. The molecule has 0 aromatic rings. The largest absolute Gasteiger partial charge is 0.341 e. The van der Waals surface area contributed by atoms with Crippen LogP contribution in [0.25, 0.3) is 0 Å². The van der Waals surface area contributed by atoms with Gasteiger partial charge in [0.15, 0.2) is 0 Å². The zero-order valence-electron chi connectivity index (χ0n) is 7.99. The highest BCUT2D eigenvalue weighted by Gasteiger charge is 2.22. The summed E-state index contributed by atoms with van der Waals surface area (Å²) in [6.07, 6.45) is 0.707. The highest BCUT2D eigenvalue weighted by atomic mass is 16.1. The van der Waals surface area contributed by atoms with Gasteiger partial charge in [-0.2, -0.15) is 0 Å². The Morgan fingerprint density at radius 2 is 1.55 bits per heavy atom. The molecular weight excluding hydrogens is 140 g/mol. The van der Waals surface area contributed by atoms with Gasteiger partial charge in [-0.15, -0.1) is 0 Å². The van der Waals surface area contributed by atoms with Crippen molar-refractivity contribution in [2.24, 2.45) is 0 Å². The smallest absolute Gasteiger partial charge is 0.208 e. The first-order chi connectivity index (χ1) is 4.77. The maximum Gasteiger partial charge on any atom is 0.208 e. The van der Waals surface area contributed by atoms with Crippen molar-refractivity contribution in [1.82, 2.24) is 10.6 Å². The molecule has 0 unspecified atom stereocenters. The van der Waals surface area contributed by atoms with Gasteiger partial charge in [0, 0.05) is 5.54 Å². The third-order valence-electron chi connectivity index (χ3n) is 1.11. The molecule has 3 heteroatoms. The molecule has 3 nitrogen and oxygen atoms in total. The Morgan fingerprint density at radius 3 is 1.82 bits per heavy atom. The maximum atomic E-state index is 10.2. The molecule has 11 heavy (non-hydrogen) atoms. The van der Waals surface area contributed by atoms with E-state index >= 15 is 0 Å². The van der Waals surface area contributed by atoms with E-state index in [1.165, 1.54) is 0 Å². The predicted octanol–water partition coefficient (Wildman–Crippen LogP) is 0.857. The molecular formula is C8H18N2O. The first kappa shape index (κ1) is 10.4. The molecule has 0 bridgehead atoms. The fraction of sp³-hybridized carbons (Fsp3) is 0.875. The van der Waals surface area contributed by atoms with Crippen LogP contribution in [0.1, 0.15) is 34.6 Å². The van der Waals surface area contributed by atoms with Crippen LogP contribution in [0.4, 0.5) is 0 Å². The van der Waals surface area contributed by atoms with E-state index in [2.05, 4.69) is 31.4 Å². The summed E-state index contributed by atoms with van der Waals surface area (Å²) < 4.78 is 0. The molecule has 0 rings (SSSR count). The number of carbonyl (C=O) groups is 1. The summed E-state index contributed by atoms with van der Waals surface area (Å²) in [6.45, 7) is 10.0. The predicted molar refractivity (Wildman–Crippen MR) is 46.2 cm³/mol. The maximum absolute atomic E-state index is 10.2. The molecule has 0 aliphatic carbocycles. The molecule has 2 N–H and O–H groups in total. The van der Waals surface area contributed by atoms with Crippen molar-refractivity contribution >= 4 is 6.41 Å². The number of nitrogens with one attached hydrogen (secondary N) is 2. The van der Waals surface area contributed by atoms with Crippen molar-refractivity contribution in [1.29, 1.82) is 0 Å². The highest BCUT2D eigenvalue weighted by molar-refractivity contribution is 5.47. The quantitative estimate of drug-likeness (QED) is 0.472. The summed E-state index contributed by atoms with van der Waals surface area (Å²) in [5, 5.41) is 5.94. The van der Waals surface area contributed by atoms with E-state index in [0.29, 0.717) is 6.41 Å². The Hall–Kier alpha value is -0.570. The lowest BCUT2D eigenvalue weighted by Crippen LogP contribution is -2.58. The molecule has 0 aromatic heterocycles. The van der Waals surface area contributed by atoms with Crippen molar-refractivity contribution in [3.8, 4) is 0 Å². The minimum atomic E-state index is -0.333. The van der Waals surface area contributed by atoms with Crippen LogP contribution in [0.15, 0.2) is 0 Å². The van der Waals surface area contributed by atoms with Crippen LogP contribution >= 0.6 is 0 Å².